The molecule has 23 heavy (non-hydrogen) atoms. The van der Waals surface area contributed by atoms with Crippen molar-refractivity contribution >= 4 is 11.6 Å². The molecule has 0 unspecified atom stereocenters. The average molecular weight is 316 g/mol. The summed E-state index contributed by atoms with van der Waals surface area (Å²) in [5.74, 6) is -0.214. The lowest BCUT2D eigenvalue weighted by atomic mass is 10.2. The van der Waals surface area contributed by atoms with Gasteiger partial charge in [-0.05, 0) is 25.0 Å². The normalized spacial score (nSPS) is 17.1. The molecule has 3 rings (SSSR count). The Kier molecular flexibility index (Phi) is 4.33. The number of hydrogen-bond acceptors (Lipinski definition) is 5. The zero-order valence-corrected chi connectivity index (χ0v) is 12.3. The maximum Gasteiger partial charge on any atom is 0.269 e. The fourth-order valence-electron chi connectivity index (χ4n) is 2.42. The highest BCUT2D eigenvalue weighted by Crippen LogP contribution is 2.15. The molecule has 1 N–H and O–H groups in total. The molecule has 0 saturated carbocycles. The second kappa shape index (κ2) is 6.57. The summed E-state index contributed by atoms with van der Waals surface area (Å²) in [5.41, 5.74) is 1.09. The van der Waals surface area contributed by atoms with Crippen LogP contribution in [0.15, 0.2) is 36.7 Å². The minimum Gasteiger partial charge on any atom is -0.376 e. The number of amides is 1. The first kappa shape index (κ1) is 15.2. The molecule has 8 heteroatoms. The van der Waals surface area contributed by atoms with Crippen molar-refractivity contribution in [1.29, 1.82) is 0 Å². The van der Waals surface area contributed by atoms with Crippen LogP contribution < -0.4 is 5.32 Å². The van der Waals surface area contributed by atoms with Crippen molar-refractivity contribution in [2.75, 3.05) is 13.2 Å². The van der Waals surface area contributed by atoms with Crippen molar-refractivity contribution in [2.45, 2.75) is 18.9 Å². The van der Waals surface area contributed by atoms with Gasteiger partial charge in [0, 0.05) is 31.5 Å². The van der Waals surface area contributed by atoms with Crippen molar-refractivity contribution in [3.63, 3.8) is 0 Å². The van der Waals surface area contributed by atoms with E-state index in [1.807, 2.05) is 0 Å². The van der Waals surface area contributed by atoms with Crippen LogP contribution in [0.25, 0.3) is 5.69 Å². The molecule has 120 valence electrons. The smallest absolute Gasteiger partial charge is 0.269 e. The van der Waals surface area contributed by atoms with Gasteiger partial charge in [-0.2, -0.15) is 5.10 Å². The van der Waals surface area contributed by atoms with E-state index >= 15 is 0 Å². The van der Waals surface area contributed by atoms with E-state index in [0.717, 1.165) is 19.4 Å². The van der Waals surface area contributed by atoms with Gasteiger partial charge in [0.2, 0.25) is 0 Å². The molecule has 0 spiro atoms. The van der Waals surface area contributed by atoms with Crippen molar-refractivity contribution in [3.05, 3.63) is 52.3 Å². The van der Waals surface area contributed by atoms with Gasteiger partial charge in [0.1, 0.15) is 0 Å². The van der Waals surface area contributed by atoms with Gasteiger partial charge < -0.3 is 10.1 Å². The summed E-state index contributed by atoms with van der Waals surface area (Å²) in [4.78, 5) is 22.3. The van der Waals surface area contributed by atoms with Crippen LogP contribution in [0.2, 0.25) is 0 Å². The van der Waals surface area contributed by atoms with Crippen LogP contribution in [0.5, 0.6) is 0 Å². The summed E-state index contributed by atoms with van der Waals surface area (Å²) in [6.07, 6.45) is 5.13. The van der Waals surface area contributed by atoms with E-state index in [9.17, 15) is 14.9 Å². The van der Waals surface area contributed by atoms with Crippen LogP contribution in [0.4, 0.5) is 5.69 Å². The molecule has 2 aromatic rings. The zero-order valence-electron chi connectivity index (χ0n) is 12.3. The van der Waals surface area contributed by atoms with E-state index in [1.54, 1.807) is 18.3 Å². The zero-order chi connectivity index (χ0) is 16.2. The van der Waals surface area contributed by atoms with Crippen molar-refractivity contribution < 1.29 is 14.5 Å². The Morgan fingerprint density at radius 3 is 2.87 bits per heavy atom. The minimum absolute atomic E-state index is 0.00966. The number of carbonyl (C=O) groups excluding carboxylic acids is 1. The molecule has 1 aliphatic heterocycles. The predicted octanol–water partition coefficient (Wildman–Crippen LogP) is 1.69. The maximum atomic E-state index is 12.1. The van der Waals surface area contributed by atoms with Gasteiger partial charge in [0.25, 0.3) is 11.6 Å². The monoisotopic (exact) mass is 316 g/mol. The third kappa shape index (κ3) is 3.54. The van der Waals surface area contributed by atoms with Crippen molar-refractivity contribution in [3.8, 4) is 5.69 Å². The van der Waals surface area contributed by atoms with Gasteiger partial charge >= 0.3 is 0 Å². The predicted molar refractivity (Wildman–Crippen MR) is 81.5 cm³/mol. The average Bonchev–Trinajstić information content (AvgIpc) is 3.24. The summed E-state index contributed by atoms with van der Waals surface area (Å²) >= 11 is 0. The van der Waals surface area contributed by atoms with E-state index in [1.165, 1.54) is 23.0 Å². The number of aromatic nitrogens is 2. The standard InChI is InChI=1S/C15H16N4O4/c20-15(16-9-14-2-1-7-23-14)11-8-17-18(10-11)12-3-5-13(6-4-12)19(21)22/h3-6,8,10,14H,1-2,7,9H2,(H,16,20)/t14-/m1/s1. The molecule has 1 fully saturated rings. The first-order valence-corrected chi connectivity index (χ1v) is 7.33. The van der Waals surface area contributed by atoms with Gasteiger partial charge in [-0.15, -0.1) is 0 Å². The molecular weight excluding hydrogens is 300 g/mol. The second-order valence-electron chi connectivity index (χ2n) is 5.29. The minimum atomic E-state index is -0.461. The topological polar surface area (TPSA) is 99.3 Å². The van der Waals surface area contributed by atoms with Crippen molar-refractivity contribution in [2.24, 2.45) is 0 Å². The first-order valence-electron chi connectivity index (χ1n) is 7.33. The highest BCUT2D eigenvalue weighted by Gasteiger charge is 2.17. The Hall–Kier alpha value is -2.74. The van der Waals surface area contributed by atoms with E-state index in [4.69, 9.17) is 4.74 Å². The summed E-state index contributed by atoms with van der Waals surface area (Å²) in [7, 11) is 0. The van der Waals surface area contributed by atoms with Crippen LogP contribution in [0.3, 0.4) is 0 Å². The lowest BCUT2D eigenvalue weighted by Gasteiger charge is -2.09. The molecule has 8 nitrogen and oxygen atoms in total. The van der Waals surface area contributed by atoms with Gasteiger partial charge in [-0.1, -0.05) is 0 Å². The molecule has 1 saturated heterocycles. The van der Waals surface area contributed by atoms with E-state index in [2.05, 4.69) is 10.4 Å². The van der Waals surface area contributed by atoms with E-state index in [0.29, 0.717) is 17.8 Å². The highest BCUT2D eigenvalue weighted by molar-refractivity contribution is 5.93. The van der Waals surface area contributed by atoms with Crippen LogP contribution in [0.1, 0.15) is 23.2 Å². The number of benzene rings is 1. The van der Waals surface area contributed by atoms with Gasteiger partial charge in [-0.3, -0.25) is 14.9 Å². The summed E-state index contributed by atoms with van der Waals surface area (Å²) in [6, 6.07) is 5.96. The Balaban J connectivity index is 1.64. The van der Waals surface area contributed by atoms with Crippen molar-refractivity contribution in [1.82, 2.24) is 15.1 Å². The van der Waals surface area contributed by atoms with Gasteiger partial charge in [0.15, 0.2) is 0 Å². The third-order valence-corrected chi connectivity index (χ3v) is 3.68. The maximum absolute atomic E-state index is 12.1. The highest BCUT2D eigenvalue weighted by atomic mass is 16.6. The number of ether oxygens (including phenoxy) is 1. The molecule has 0 radical (unpaired) electrons. The molecule has 1 aliphatic rings. The SMILES string of the molecule is O=C(NC[C@H]1CCCO1)c1cnn(-c2ccc([N+](=O)[O-])cc2)c1. The molecule has 1 aromatic carbocycles. The molecule has 1 amide bonds. The Bertz CT molecular complexity index is 705. The lowest BCUT2D eigenvalue weighted by molar-refractivity contribution is -0.384. The van der Waals surface area contributed by atoms with E-state index in [-0.39, 0.29) is 17.7 Å². The van der Waals surface area contributed by atoms with Crippen LogP contribution in [0, 0.1) is 10.1 Å². The molecule has 0 bridgehead atoms. The van der Waals surface area contributed by atoms with Crippen LogP contribution in [-0.4, -0.2) is 39.9 Å². The fourth-order valence-corrected chi connectivity index (χ4v) is 2.42. The molecular formula is C15H16N4O4. The largest absolute Gasteiger partial charge is 0.376 e. The number of rotatable bonds is 5. The van der Waals surface area contributed by atoms with Crippen LogP contribution >= 0.6 is 0 Å². The fraction of sp³-hybridized carbons (Fsp3) is 0.333. The number of hydrogen-bond donors (Lipinski definition) is 1. The molecule has 1 atom stereocenters. The second-order valence-corrected chi connectivity index (χ2v) is 5.29. The number of non-ortho nitro benzene ring substituents is 1. The molecule has 0 aliphatic carbocycles. The molecule has 2 heterocycles. The summed E-state index contributed by atoms with van der Waals surface area (Å²) < 4.78 is 6.96. The number of carbonyl (C=O) groups is 1. The summed E-state index contributed by atoms with van der Waals surface area (Å²) in [6.45, 7) is 1.24. The van der Waals surface area contributed by atoms with E-state index < -0.39 is 4.92 Å². The first-order chi connectivity index (χ1) is 11.1. The van der Waals surface area contributed by atoms with Crippen LogP contribution in [-0.2, 0) is 4.74 Å². The van der Waals surface area contributed by atoms with Gasteiger partial charge in [0.05, 0.1) is 28.5 Å². The quantitative estimate of drug-likeness (QED) is 0.668. The van der Waals surface area contributed by atoms with Gasteiger partial charge in [-0.25, -0.2) is 4.68 Å². The Morgan fingerprint density at radius 2 is 2.22 bits per heavy atom. The summed E-state index contributed by atoms with van der Waals surface area (Å²) in [5, 5.41) is 17.6. The lowest BCUT2D eigenvalue weighted by Crippen LogP contribution is -2.31. The number of nitro groups is 1. The third-order valence-electron chi connectivity index (χ3n) is 3.68. The Morgan fingerprint density at radius 1 is 1.43 bits per heavy atom. The number of nitro benzene ring substituents is 1. The number of nitrogens with one attached hydrogen (secondary N) is 1. The Labute approximate surface area is 132 Å². The molecule has 1 aromatic heterocycles. The number of nitrogens with zero attached hydrogens (tertiary/aromatic N) is 3.